The van der Waals surface area contributed by atoms with E-state index in [9.17, 15) is 4.79 Å². The molecule has 184 valence electrons. The van der Waals surface area contributed by atoms with Gasteiger partial charge in [-0.1, -0.05) is 84.9 Å². The average Bonchev–Trinajstić information content (AvgIpc) is 3.43. The van der Waals surface area contributed by atoms with Crippen molar-refractivity contribution in [3.63, 3.8) is 0 Å². The zero-order valence-electron chi connectivity index (χ0n) is 20.6. The van der Waals surface area contributed by atoms with E-state index in [1.165, 1.54) is 16.3 Å². The van der Waals surface area contributed by atoms with Crippen LogP contribution < -0.4 is 10.4 Å². The molecule has 0 aliphatic carbocycles. The summed E-state index contributed by atoms with van der Waals surface area (Å²) in [6.07, 6.45) is 5.59. The number of carbonyl (C=O) groups excluding carboxylic acids is 1. The van der Waals surface area contributed by atoms with Crippen LogP contribution in [0.2, 0.25) is 0 Å². The number of rotatable bonds is 6. The number of aromatic nitrogens is 1. The van der Waals surface area contributed by atoms with Gasteiger partial charge in [0.15, 0.2) is 0 Å². The van der Waals surface area contributed by atoms with Gasteiger partial charge in [-0.15, -0.1) is 0 Å². The van der Waals surface area contributed by atoms with E-state index in [0.717, 1.165) is 28.9 Å². The maximum atomic E-state index is 12.2. The lowest BCUT2D eigenvalue weighted by atomic mass is 9.94. The third-order valence-electron chi connectivity index (χ3n) is 6.68. The van der Waals surface area contributed by atoms with Gasteiger partial charge in [0.05, 0.1) is 23.7 Å². The summed E-state index contributed by atoms with van der Waals surface area (Å²) in [5.41, 5.74) is 8.38. The number of hydrazone groups is 2. The van der Waals surface area contributed by atoms with Crippen molar-refractivity contribution < 1.29 is 4.79 Å². The molecule has 1 aliphatic heterocycles. The number of fused-ring (bicyclic) bond motifs is 1. The summed E-state index contributed by atoms with van der Waals surface area (Å²) in [7, 11) is 0. The van der Waals surface area contributed by atoms with Crippen LogP contribution in [0, 0.1) is 0 Å². The molecule has 5 aromatic rings. The smallest absolute Gasteiger partial charge is 0.267 e. The Morgan fingerprint density at radius 2 is 1.58 bits per heavy atom. The van der Waals surface area contributed by atoms with Gasteiger partial charge in [0, 0.05) is 24.4 Å². The van der Waals surface area contributed by atoms with Crippen molar-refractivity contribution in [2.45, 2.75) is 12.5 Å². The number of carbonyl (C=O) groups is 1. The molecule has 0 bridgehead atoms. The van der Waals surface area contributed by atoms with E-state index in [0.29, 0.717) is 5.56 Å². The zero-order valence-corrected chi connectivity index (χ0v) is 20.6. The molecule has 0 saturated heterocycles. The Bertz CT molecular complexity index is 1620. The maximum Gasteiger partial charge on any atom is 0.271 e. The highest BCUT2D eigenvalue weighted by Gasteiger charge is 2.30. The summed E-state index contributed by atoms with van der Waals surface area (Å²) in [6, 6.07) is 36.7. The topological polar surface area (TPSA) is 70.0 Å². The Hall–Kier alpha value is -5.10. The first-order valence-electron chi connectivity index (χ1n) is 12.5. The molecule has 1 aromatic heterocycles. The highest BCUT2D eigenvalue weighted by Crippen LogP contribution is 2.39. The fourth-order valence-corrected chi connectivity index (χ4v) is 4.78. The van der Waals surface area contributed by atoms with Crippen molar-refractivity contribution in [2.24, 2.45) is 10.2 Å². The SMILES string of the molecule is O=C(NN=Cc1ccc(N2N=C(c3ccccc3)C[C@@H]2c2cccc3ccccc23)cc1)c1ccncc1. The molecule has 0 radical (unpaired) electrons. The number of amides is 1. The van der Waals surface area contributed by atoms with E-state index in [-0.39, 0.29) is 11.9 Å². The number of pyridine rings is 1. The van der Waals surface area contributed by atoms with Crippen LogP contribution in [0.5, 0.6) is 0 Å². The minimum Gasteiger partial charge on any atom is -0.267 e. The van der Waals surface area contributed by atoms with Crippen molar-refractivity contribution in [3.8, 4) is 0 Å². The molecule has 1 aliphatic rings. The Morgan fingerprint density at radius 3 is 2.39 bits per heavy atom. The maximum absolute atomic E-state index is 12.2. The standard InChI is InChI=1S/C32H25N5O/c38-32(26-17-19-33-20-18-26)35-34-22-23-13-15-27(16-14-23)37-31(21-30(36-37)25-8-2-1-3-9-25)29-12-6-10-24-7-4-5-11-28(24)29/h1-20,22,31H,21H2,(H,35,38)/t31-/m1/s1. The van der Waals surface area contributed by atoms with Crippen LogP contribution in [0.4, 0.5) is 5.69 Å². The molecular weight excluding hydrogens is 470 g/mol. The van der Waals surface area contributed by atoms with Crippen molar-refractivity contribution in [1.29, 1.82) is 0 Å². The van der Waals surface area contributed by atoms with E-state index >= 15 is 0 Å². The largest absolute Gasteiger partial charge is 0.271 e. The second-order valence-electron chi connectivity index (χ2n) is 9.07. The van der Waals surface area contributed by atoms with E-state index < -0.39 is 0 Å². The second-order valence-corrected chi connectivity index (χ2v) is 9.07. The van der Waals surface area contributed by atoms with Crippen molar-refractivity contribution >= 4 is 34.3 Å². The van der Waals surface area contributed by atoms with Crippen molar-refractivity contribution in [2.75, 3.05) is 5.01 Å². The van der Waals surface area contributed by atoms with Gasteiger partial charge in [-0.3, -0.25) is 14.8 Å². The molecule has 1 amide bonds. The summed E-state index contributed by atoms with van der Waals surface area (Å²) >= 11 is 0. The van der Waals surface area contributed by atoms with Gasteiger partial charge in [-0.25, -0.2) is 5.43 Å². The summed E-state index contributed by atoms with van der Waals surface area (Å²) in [5.74, 6) is -0.280. The monoisotopic (exact) mass is 495 g/mol. The average molecular weight is 496 g/mol. The van der Waals surface area contributed by atoms with Crippen LogP contribution in [0.25, 0.3) is 10.8 Å². The van der Waals surface area contributed by atoms with Crippen LogP contribution >= 0.6 is 0 Å². The van der Waals surface area contributed by atoms with Crippen molar-refractivity contribution in [3.05, 3.63) is 144 Å². The highest BCUT2D eigenvalue weighted by atomic mass is 16.2. The Labute approximate surface area is 221 Å². The molecule has 0 unspecified atom stereocenters. The van der Waals surface area contributed by atoms with Crippen LogP contribution in [0.1, 0.15) is 39.5 Å². The third-order valence-corrected chi connectivity index (χ3v) is 6.68. The first-order valence-corrected chi connectivity index (χ1v) is 12.5. The molecule has 0 saturated carbocycles. The van der Waals surface area contributed by atoms with Gasteiger partial charge in [0.2, 0.25) is 0 Å². The van der Waals surface area contributed by atoms with E-state index in [1.807, 2.05) is 30.3 Å². The molecule has 1 N–H and O–H groups in total. The molecule has 1 atom stereocenters. The highest BCUT2D eigenvalue weighted by molar-refractivity contribution is 6.04. The predicted molar refractivity (Wildman–Crippen MR) is 153 cm³/mol. The Kier molecular flexibility index (Phi) is 6.43. The minimum atomic E-state index is -0.280. The molecule has 0 fully saturated rings. The Balaban J connectivity index is 1.28. The number of benzene rings is 4. The normalized spacial score (nSPS) is 15.1. The number of anilines is 1. The summed E-state index contributed by atoms with van der Waals surface area (Å²) in [6.45, 7) is 0. The van der Waals surface area contributed by atoms with Gasteiger partial charge < -0.3 is 0 Å². The van der Waals surface area contributed by atoms with Gasteiger partial charge >= 0.3 is 0 Å². The zero-order chi connectivity index (χ0) is 25.7. The van der Waals surface area contributed by atoms with Crippen LogP contribution in [0.3, 0.4) is 0 Å². The first kappa shape index (κ1) is 23.3. The summed E-state index contributed by atoms with van der Waals surface area (Å²) in [5, 5.41) is 13.8. The van der Waals surface area contributed by atoms with Crippen LogP contribution in [-0.4, -0.2) is 22.8 Å². The van der Waals surface area contributed by atoms with Crippen LogP contribution in [0.15, 0.2) is 132 Å². The van der Waals surface area contributed by atoms with Crippen LogP contribution in [-0.2, 0) is 0 Å². The molecule has 6 nitrogen and oxygen atoms in total. The number of nitrogens with zero attached hydrogens (tertiary/aromatic N) is 4. The molecule has 0 spiro atoms. The summed E-state index contributed by atoms with van der Waals surface area (Å²) < 4.78 is 0. The quantitative estimate of drug-likeness (QED) is 0.220. The lowest BCUT2D eigenvalue weighted by molar-refractivity contribution is 0.0955. The molecule has 6 heteroatoms. The first-order chi connectivity index (χ1) is 18.8. The molecule has 6 rings (SSSR count). The fourth-order valence-electron chi connectivity index (χ4n) is 4.78. The van der Waals surface area contributed by atoms with Gasteiger partial charge in [-0.2, -0.15) is 10.2 Å². The van der Waals surface area contributed by atoms with E-state index in [2.05, 4.69) is 87.3 Å². The lowest BCUT2D eigenvalue weighted by Crippen LogP contribution is -2.19. The van der Waals surface area contributed by atoms with Gasteiger partial charge in [0.25, 0.3) is 5.91 Å². The lowest BCUT2D eigenvalue weighted by Gasteiger charge is -2.25. The minimum absolute atomic E-state index is 0.0653. The van der Waals surface area contributed by atoms with Gasteiger partial charge in [0.1, 0.15) is 0 Å². The van der Waals surface area contributed by atoms with E-state index in [1.54, 1.807) is 30.7 Å². The molecular formula is C32H25N5O. The summed E-state index contributed by atoms with van der Waals surface area (Å²) in [4.78, 5) is 16.1. The third kappa shape index (κ3) is 4.80. The molecule has 4 aromatic carbocycles. The van der Waals surface area contributed by atoms with Crippen molar-refractivity contribution in [1.82, 2.24) is 10.4 Å². The predicted octanol–water partition coefficient (Wildman–Crippen LogP) is 6.35. The van der Waals surface area contributed by atoms with E-state index in [4.69, 9.17) is 5.10 Å². The Morgan fingerprint density at radius 1 is 0.842 bits per heavy atom. The van der Waals surface area contributed by atoms with Gasteiger partial charge in [-0.05, 0) is 51.7 Å². The number of hydrogen-bond acceptors (Lipinski definition) is 5. The number of nitrogens with one attached hydrogen (secondary N) is 1. The fraction of sp³-hybridized carbons (Fsp3) is 0.0625. The molecule has 2 heterocycles. The molecule has 38 heavy (non-hydrogen) atoms. The second kappa shape index (κ2) is 10.5. The number of hydrogen-bond donors (Lipinski definition) is 1.